The van der Waals surface area contributed by atoms with Gasteiger partial charge in [0.25, 0.3) is 0 Å². The molecular formula is C6H27N3O4SSi2. The average Bonchev–Trinajstić information content (AvgIpc) is 1.79. The van der Waals surface area contributed by atoms with Crippen LogP contribution in [0.4, 0.5) is 0 Å². The molecule has 0 amide bonds. The SMILES string of the molecule is CN([SiH](C)C)[Si](C)(C)C.N.N.O=S(=O)(O)O. The lowest BCUT2D eigenvalue weighted by molar-refractivity contribution is 0.381. The van der Waals surface area contributed by atoms with Crippen LogP contribution in [0.1, 0.15) is 0 Å². The Hall–Kier alpha value is 0.184. The van der Waals surface area contributed by atoms with Gasteiger partial charge in [-0.15, -0.1) is 0 Å². The van der Waals surface area contributed by atoms with E-state index < -0.39 is 27.6 Å². The molecule has 0 unspecified atom stereocenters. The smallest absolute Gasteiger partial charge is 0.351 e. The second-order valence-corrected chi connectivity index (χ2v) is 13.7. The highest BCUT2D eigenvalue weighted by Gasteiger charge is 2.21. The third-order valence-electron chi connectivity index (χ3n) is 1.83. The average molecular weight is 294 g/mol. The lowest BCUT2D eigenvalue weighted by Gasteiger charge is -2.33. The van der Waals surface area contributed by atoms with Crippen molar-refractivity contribution in [2.75, 3.05) is 7.05 Å². The second kappa shape index (κ2) is 9.24. The molecule has 0 aliphatic carbocycles. The predicted molar refractivity (Wildman–Crippen MR) is 74.2 cm³/mol. The van der Waals surface area contributed by atoms with Crippen LogP contribution in [-0.2, 0) is 10.4 Å². The van der Waals surface area contributed by atoms with Gasteiger partial charge in [-0.05, 0) is 7.05 Å². The van der Waals surface area contributed by atoms with Gasteiger partial charge in [0.2, 0.25) is 0 Å². The van der Waals surface area contributed by atoms with Gasteiger partial charge in [-0.25, -0.2) is 0 Å². The highest BCUT2D eigenvalue weighted by atomic mass is 32.3. The molecule has 0 bridgehead atoms. The van der Waals surface area contributed by atoms with Crippen molar-refractivity contribution in [1.29, 1.82) is 0 Å². The zero-order chi connectivity index (χ0) is 12.2. The Kier molecular flexibility index (Phi) is 14.5. The fourth-order valence-electron chi connectivity index (χ4n) is 0.775. The summed E-state index contributed by atoms with van der Waals surface area (Å²) in [5, 5.41) is 0. The van der Waals surface area contributed by atoms with E-state index in [1.807, 2.05) is 0 Å². The van der Waals surface area contributed by atoms with Crippen molar-refractivity contribution >= 4 is 27.6 Å². The Morgan fingerprint density at radius 1 is 1.06 bits per heavy atom. The first-order valence-corrected chi connectivity index (χ1v) is 12.0. The molecule has 16 heavy (non-hydrogen) atoms. The van der Waals surface area contributed by atoms with Crippen LogP contribution in [0.15, 0.2) is 0 Å². The Morgan fingerprint density at radius 3 is 1.25 bits per heavy atom. The number of nitrogens with zero attached hydrogens (tertiary/aromatic N) is 1. The van der Waals surface area contributed by atoms with E-state index in [9.17, 15) is 0 Å². The van der Waals surface area contributed by atoms with Gasteiger partial charge in [0.15, 0.2) is 0 Å². The van der Waals surface area contributed by atoms with Crippen molar-refractivity contribution in [3.63, 3.8) is 0 Å². The van der Waals surface area contributed by atoms with Crippen molar-refractivity contribution < 1.29 is 17.5 Å². The van der Waals surface area contributed by atoms with Gasteiger partial charge in [0.05, 0.1) is 8.96 Å². The molecule has 10 heteroatoms. The molecule has 0 aromatic heterocycles. The summed E-state index contributed by atoms with van der Waals surface area (Å²) >= 11 is 0. The maximum absolute atomic E-state index is 8.74. The molecule has 0 aliphatic rings. The van der Waals surface area contributed by atoms with Crippen LogP contribution in [0.3, 0.4) is 0 Å². The van der Waals surface area contributed by atoms with E-state index in [1.165, 1.54) is 0 Å². The van der Waals surface area contributed by atoms with Crippen LogP contribution in [0.25, 0.3) is 0 Å². The lowest BCUT2D eigenvalue weighted by Crippen LogP contribution is -2.49. The molecule has 104 valence electrons. The Morgan fingerprint density at radius 2 is 1.25 bits per heavy atom. The summed E-state index contributed by atoms with van der Waals surface area (Å²) in [7, 11) is -3.81. The molecule has 0 aromatic rings. The summed E-state index contributed by atoms with van der Waals surface area (Å²) in [6.45, 7) is 12.0. The molecule has 0 saturated carbocycles. The molecule has 0 aromatic carbocycles. The topological polar surface area (TPSA) is 148 Å². The maximum atomic E-state index is 8.74. The van der Waals surface area contributed by atoms with Gasteiger partial charge >= 0.3 is 10.4 Å². The van der Waals surface area contributed by atoms with Gasteiger partial charge in [-0.1, -0.05) is 32.7 Å². The minimum absolute atomic E-state index is 0. The minimum Gasteiger partial charge on any atom is -0.351 e. The number of hydrogen-bond acceptors (Lipinski definition) is 5. The maximum Gasteiger partial charge on any atom is 0.394 e. The molecule has 0 fully saturated rings. The van der Waals surface area contributed by atoms with Gasteiger partial charge in [-0.3, -0.25) is 9.11 Å². The van der Waals surface area contributed by atoms with E-state index in [4.69, 9.17) is 17.5 Å². The monoisotopic (exact) mass is 293 g/mol. The van der Waals surface area contributed by atoms with Gasteiger partial charge in [-0.2, -0.15) is 8.42 Å². The molecule has 8 N–H and O–H groups in total. The van der Waals surface area contributed by atoms with Crippen molar-refractivity contribution in [3.05, 3.63) is 0 Å². The largest absolute Gasteiger partial charge is 0.394 e. The third-order valence-corrected chi connectivity index (χ3v) is 9.37. The summed E-state index contributed by atoms with van der Waals surface area (Å²) in [6, 6.07) is 0. The highest BCUT2D eigenvalue weighted by molar-refractivity contribution is 7.79. The first-order valence-electron chi connectivity index (χ1n) is 4.28. The zero-order valence-corrected chi connectivity index (χ0v) is 14.0. The van der Waals surface area contributed by atoms with Crippen molar-refractivity contribution in [2.45, 2.75) is 32.7 Å². The molecule has 0 radical (unpaired) electrons. The zero-order valence-electron chi connectivity index (χ0n) is 11.1. The van der Waals surface area contributed by atoms with Crippen LogP contribution < -0.4 is 12.3 Å². The summed E-state index contributed by atoms with van der Waals surface area (Å²) in [6.07, 6.45) is 0. The molecular weight excluding hydrogens is 266 g/mol. The Balaban J connectivity index is -0.0000000904. The van der Waals surface area contributed by atoms with E-state index in [0.29, 0.717) is 0 Å². The van der Waals surface area contributed by atoms with E-state index in [1.54, 1.807) is 0 Å². The lowest BCUT2D eigenvalue weighted by atomic mass is 11.6. The molecule has 0 heterocycles. The Labute approximate surface area is 102 Å². The third kappa shape index (κ3) is 23.8. The molecule has 7 nitrogen and oxygen atoms in total. The highest BCUT2D eigenvalue weighted by Crippen LogP contribution is 2.07. The number of hydrogen-bond donors (Lipinski definition) is 4. The summed E-state index contributed by atoms with van der Waals surface area (Å²) in [5.41, 5.74) is 0. The Bertz CT molecular complexity index is 245. The first kappa shape index (κ1) is 25.1. The number of rotatable bonds is 2. The van der Waals surface area contributed by atoms with Crippen LogP contribution in [0.5, 0.6) is 0 Å². The van der Waals surface area contributed by atoms with Crippen LogP contribution >= 0.6 is 0 Å². The van der Waals surface area contributed by atoms with Crippen LogP contribution in [0, 0.1) is 0 Å². The van der Waals surface area contributed by atoms with Crippen LogP contribution in [0.2, 0.25) is 32.7 Å². The van der Waals surface area contributed by atoms with E-state index in [-0.39, 0.29) is 12.3 Å². The van der Waals surface area contributed by atoms with Gasteiger partial charge in [0.1, 0.15) is 8.24 Å². The first-order chi connectivity index (χ1) is 5.85. The molecule has 0 rings (SSSR count). The molecule has 0 atom stereocenters. The van der Waals surface area contributed by atoms with Crippen molar-refractivity contribution in [1.82, 2.24) is 16.5 Å². The second-order valence-electron chi connectivity index (χ2n) is 4.32. The molecule has 0 spiro atoms. The molecule has 0 saturated heterocycles. The van der Waals surface area contributed by atoms with E-state index in [0.717, 1.165) is 0 Å². The summed E-state index contributed by atoms with van der Waals surface area (Å²) < 4.78 is 34.2. The van der Waals surface area contributed by atoms with Crippen molar-refractivity contribution in [2.24, 2.45) is 0 Å². The van der Waals surface area contributed by atoms with E-state index >= 15 is 0 Å². The van der Waals surface area contributed by atoms with Gasteiger partial charge < -0.3 is 16.5 Å². The summed E-state index contributed by atoms with van der Waals surface area (Å²) in [5.74, 6) is 0. The van der Waals surface area contributed by atoms with E-state index in [2.05, 4.69) is 44.0 Å². The quantitative estimate of drug-likeness (QED) is 0.444. The van der Waals surface area contributed by atoms with Crippen LogP contribution in [-0.4, -0.2) is 46.0 Å². The standard InChI is InChI=1S/C6H19NSi2.2H3N.H2O4S/c1-7(8(2)3)9(4,5)6;;;1-5(2,3)4/h8H,1-6H3;2*1H3;(H2,1,2,3,4). The normalized spacial score (nSPS) is 11.1. The van der Waals surface area contributed by atoms with Crippen molar-refractivity contribution in [3.8, 4) is 0 Å². The summed E-state index contributed by atoms with van der Waals surface area (Å²) in [4.78, 5) is 0. The van der Waals surface area contributed by atoms with Gasteiger partial charge in [0, 0.05) is 0 Å². The fraction of sp³-hybridized carbons (Fsp3) is 1.00. The minimum atomic E-state index is -4.67. The molecule has 0 aliphatic heterocycles. The fourth-order valence-corrected chi connectivity index (χ4v) is 6.97. The predicted octanol–water partition coefficient (Wildman–Crippen LogP) is 1.41.